The Bertz CT molecular complexity index is 1360. The first-order valence-electron chi connectivity index (χ1n) is 9.07. The zero-order valence-corrected chi connectivity index (χ0v) is 16.9. The zero-order valence-electron chi connectivity index (χ0n) is 16.1. The summed E-state index contributed by atoms with van der Waals surface area (Å²) in [6, 6.07) is 11.8. The van der Waals surface area contributed by atoms with Crippen LogP contribution in [0.4, 0.5) is 16.5 Å². The lowest BCUT2D eigenvalue weighted by atomic mass is 10.1. The highest BCUT2D eigenvalue weighted by atomic mass is 32.1. The fourth-order valence-corrected chi connectivity index (χ4v) is 3.68. The maximum Gasteiger partial charge on any atom is 0.279 e. The molecule has 32 heavy (non-hydrogen) atoms. The molecule has 0 atom stereocenters. The molecule has 0 saturated heterocycles. The maximum absolute atomic E-state index is 12.3. The fraction of sp³-hybridized carbons (Fsp3) is 0.0500. The molecule has 4 aromatic rings. The number of nitro groups is 2. The molecule has 0 bridgehead atoms. The molecule has 12 heteroatoms. The molecule has 0 aliphatic carbocycles. The lowest BCUT2D eigenvalue weighted by Crippen LogP contribution is -2.20. The summed E-state index contributed by atoms with van der Waals surface area (Å²) in [5.74, 6) is -0.259. The number of benzene rings is 2. The average molecular weight is 451 g/mol. The highest BCUT2D eigenvalue weighted by Crippen LogP contribution is 2.31. The number of anilines is 1. The molecule has 160 valence electrons. The minimum atomic E-state index is -0.512. The van der Waals surface area contributed by atoms with Gasteiger partial charge in [0.05, 0.1) is 20.9 Å². The summed E-state index contributed by atoms with van der Waals surface area (Å²) in [5, 5.41) is 27.0. The third kappa shape index (κ3) is 4.34. The quantitative estimate of drug-likeness (QED) is 0.324. The van der Waals surface area contributed by atoms with Crippen molar-refractivity contribution in [2.45, 2.75) is 0 Å². The number of fused-ring (bicyclic) bond motifs is 1. The number of aromatic nitrogens is 2. The van der Waals surface area contributed by atoms with Crippen LogP contribution in [0, 0.1) is 20.2 Å². The topological polar surface area (TPSA) is 150 Å². The second-order valence-electron chi connectivity index (χ2n) is 6.42. The molecule has 2 aromatic carbocycles. The number of carbonyl (C=O) groups is 1. The van der Waals surface area contributed by atoms with Crippen molar-refractivity contribution < 1.29 is 19.4 Å². The summed E-state index contributed by atoms with van der Waals surface area (Å²) >= 11 is 1.16. The normalized spacial score (nSPS) is 10.6. The molecule has 0 aliphatic rings. The molecule has 11 nitrogen and oxygen atoms in total. The fourth-order valence-electron chi connectivity index (χ4n) is 2.95. The van der Waals surface area contributed by atoms with Crippen molar-refractivity contribution in [2.24, 2.45) is 0 Å². The number of nitro benzene ring substituents is 2. The van der Waals surface area contributed by atoms with E-state index in [-0.39, 0.29) is 29.2 Å². The first-order valence-corrected chi connectivity index (χ1v) is 9.95. The second-order valence-corrected chi connectivity index (χ2v) is 7.28. The summed E-state index contributed by atoms with van der Waals surface area (Å²) in [6.45, 7) is -0.366. The van der Waals surface area contributed by atoms with Crippen LogP contribution in [0.5, 0.6) is 5.75 Å². The van der Waals surface area contributed by atoms with Crippen LogP contribution < -0.4 is 10.1 Å². The number of pyridine rings is 1. The standard InChI is InChI=1S/C20H13N5O6S/c26-18(10-31-17-7-6-16(25(29)30)14-5-2-8-21-19(14)17)23-20-22-15(11-32-20)12-3-1-4-13(9-12)24(27)28/h1-9,11H,10H2,(H,22,23,26). The number of nitrogens with zero attached hydrogens (tertiary/aromatic N) is 4. The predicted octanol–water partition coefficient (Wildman–Crippen LogP) is 4.19. The van der Waals surface area contributed by atoms with Gasteiger partial charge in [-0.25, -0.2) is 4.98 Å². The number of rotatable bonds is 7. The van der Waals surface area contributed by atoms with Gasteiger partial charge in [0.2, 0.25) is 0 Å². The lowest BCUT2D eigenvalue weighted by Gasteiger charge is -2.08. The molecule has 0 saturated carbocycles. The highest BCUT2D eigenvalue weighted by molar-refractivity contribution is 7.14. The Kier molecular flexibility index (Phi) is 5.68. The summed E-state index contributed by atoms with van der Waals surface area (Å²) in [5.41, 5.74) is 1.15. The monoisotopic (exact) mass is 451 g/mol. The molecule has 2 aromatic heterocycles. The van der Waals surface area contributed by atoms with E-state index < -0.39 is 15.8 Å². The van der Waals surface area contributed by atoms with Gasteiger partial charge in [-0.3, -0.25) is 35.3 Å². The van der Waals surface area contributed by atoms with E-state index in [2.05, 4.69) is 15.3 Å². The van der Waals surface area contributed by atoms with Crippen molar-refractivity contribution in [3.63, 3.8) is 0 Å². The number of carbonyl (C=O) groups excluding carboxylic acids is 1. The molecule has 1 N–H and O–H groups in total. The first kappa shape index (κ1) is 20.8. The Morgan fingerprint density at radius 2 is 1.94 bits per heavy atom. The van der Waals surface area contributed by atoms with Gasteiger partial charge < -0.3 is 4.74 Å². The Hall–Kier alpha value is -4.45. The van der Waals surface area contributed by atoms with Crippen LogP contribution in [0.15, 0.2) is 60.1 Å². The van der Waals surface area contributed by atoms with Crippen LogP contribution in [0.3, 0.4) is 0 Å². The smallest absolute Gasteiger partial charge is 0.279 e. The van der Waals surface area contributed by atoms with E-state index in [0.29, 0.717) is 21.8 Å². The first-order chi connectivity index (χ1) is 15.4. The maximum atomic E-state index is 12.3. The largest absolute Gasteiger partial charge is 0.481 e. The van der Waals surface area contributed by atoms with Gasteiger partial charge in [-0.15, -0.1) is 11.3 Å². The van der Waals surface area contributed by atoms with Gasteiger partial charge >= 0.3 is 0 Å². The van der Waals surface area contributed by atoms with Crippen molar-refractivity contribution in [1.82, 2.24) is 9.97 Å². The van der Waals surface area contributed by atoms with Gasteiger partial charge in [0, 0.05) is 35.3 Å². The van der Waals surface area contributed by atoms with Crippen LogP contribution in [0.2, 0.25) is 0 Å². The van der Waals surface area contributed by atoms with Crippen molar-refractivity contribution in [2.75, 3.05) is 11.9 Å². The SMILES string of the molecule is O=C(COc1ccc([N+](=O)[O-])c2cccnc12)Nc1nc(-c2cccc([N+](=O)[O-])c2)cs1. The molecule has 0 radical (unpaired) electrons. The van der Waals surface area contributed by atoms with Crippen LogP contribution in [-0.4, -0.2) is 32.3 Å². The summed E-state index contributed by atoms with van der Waals surface area (Å²) in [4.78, 5) is 41.8. The Morgan fingerprint density at radius 3 is 2.72 bits per heavy atom. The number of ether oxygens (including phenoxy) is 1. The number of amides is 1. The van der Waals surface area contributed by atoms with E-state index >= 15 is 0 Å². The third-order valence-electron chi connectivity index (χ3n) is 4.37. The zero-order chi connectivity index (χ0) is 22.7. The van der Waals surface area contributed by atoms with Gasteiger partial charge in [-0.05, 0) is 18.2 Å². The third-order valence-corrected chi connectivity index (χ3v) is 5.13. The average Bonchev–Trinajstić information content (AvgIpc) is 3.25. The highest BCUT2D eigenvalue weighted by Gasteiger charge is 2.17. The van der Waals surface area contributed by atoms with Gasteiger partial charge in [0.25, 0.3) is 17.3 Å². The van der Waals surface area contributed by atoms with Crippen molar-refractivity contribution >= 4 is 44.7 Å². The Morgan fingerprint density at radius 1 is 1.09 bits per heavy atom. The van der Waals surface area contributed by atoms with Crippen molar-refractivity contribution in [3.05, 3.63) is 80.3 Å². The Labute approximate surface area is 183 Å². The van der Waals surface area contributed by atoms with Gasteiger partial charge in [-0.2, -0.15) is 0 Å². The van der Waals surface area contributed by atoms with Crippen LogP contribution in [0.25, 0.3) is 22.2 Å². The van der Waals surface area contributed by atoms with E-state index in [4.69, 9.17) is 4.74 Å². The van der Waals surface area contributed by atoms with E-state index in [0.717, 1.165) is 11.3 Å². The lowest BCUT2D eigenvalue weighted by molar-refractivity contribution is -0.384. The molecular formula is C20H13N5O6S. The van der Waals surface area contributed by atoms with E-state index in [1.807, 2.05) is 0 Å². The van der Waals surface area contributed by atoms with Gasteiger partial charge in [0.1, 0.15) is 11.3 Å². The van der Waals surface area contributed by atoms with Crippen molar-refractivity contribution in [1.29, 1.82) is 0 Å². The number of non-ortho nitro benzene ring substituents is 2. The van der Waals surface area contributed by atoms with Gasteiger partial charge in [0.15, 0.2) is 11.7 Å². The summed E-state index contributed by atoms with van der Waals surface area (Å²) in [6.07, 6.45) is 1.48. The molecule has 0 spiro atoms. The number of thiazole rings is 1. The summed E-state index contributed by atoms with van der Waals surface area (Å²) < 4.78 is 5.53. The minimum Gasteiger partial charge on any atom is -0.481 e. The van der Waals surface area contributed by atoms with Crippen molar-refractivity contribution in [3.8, 4) is 17.0 Å². The predicted molar refractivity (Wildman–Crippen MR) is 117 cm³/mol. The molecular weight excluding hydrogens is 438 g/mol. The number of nitrogens with one attached hydrogen (secondary N) is 1. The second kappa shape index (κ2) is 8.73. The summed E-state index contributed by atoms with van der Waals surface area (Å²) in [7, 11) is 0. The van der Waals surface area contributed by atoms with E-state index in [1.54, 1.807) is 29.6 Å². The minimum absolute atomic E-state index is 0.0570. The molecule has 2 heterocycles. The Balaban J connectivity index is 1.45. The molecule has 1 amide bonds. The molecule has 0 unspecified atom stereocenters. The number of hydrogen-bond donors (Lipinski definition) is 1. The number of hydrogen-bond acceptors (Lipinski definition) is 9. The van der Waals surface area contributed by atoms with Crippen LogP contribution in [0.1, 0.15) is 0 Å². The molecule has 0 aliphatic heterocycles. The molecule has 0 fully saturated rings. The van der Waals surface area contributed by atoms with Gasteiger partial charge in [-0.1, -0.05) is 12.1 Å². The molecule has 4 rings (SSSR count). The van der Waals surface area contributed by atoms with Crippen LogP contribution >= 0.6 is 11.3 Å². The van der Waals surface area contributed by atoms with E-state index in [1.165, 1.54) is 30.5 Å². The van der Waals surface area contributed by atoms with Crippen LogP contribution in [-0.2, 0) is 4.79 Å². The van der Waals surface area contributed by atoms with E-state index in [9.17, 15) is 25.0 Å².